The Balaban J connectivity index is 1.31. The van der Waals surface area contributed by atoms with Crippen LogP contribution in [0.1, 0.15) is 34.3 Å². The van der Waals surface area contributed by atoms with E-state index in [1.807, 2.05) is 35.9 Å². The second-order valence-corrected chi connectivity index (χ2v) is 11.0. The second-order valence-electron chi connectivity index (χ2n) is 11.0. The zero-order valence-electron chi connectivity index (χ0n) is 23.8. The molecule has 10 nitrogen and oxygen atoms in total. The standard InChI is InChI=1S/C30H32F3N9O/c1-19-3-4-23(16-25(19)42(27-7-8-36-39-27)28-17-26(34-18-35-28)37-22-5-6-22)38-29(43)20-13-21(30(31,32)33)15-24(14-20)41-11-9-40(2)10-12-41/h3-4,7-8,13-18,22H,5-6,9-12H2,1-2H3,(H,36,39)(H,38,43)(H,34,35,37). The third kappa shape index (κ3) is 6.56. The van der Waals surface area contributed by atoms with Crippen molar-refractivity contribution in [3.63, 3.8) is 0 Å². The molecule has 1 amide bonds. The summed E-state index contributed by atoms with van der Waals surface area (Å²) in [6.45, 7) is 4.52. The summed E-state index contributed by atoms with van der Waals surface area (Å²) in [5, 5.41) is 13.3. The van der Waals surface area contributed by atoms with E-state index in [9.17, 15) is 18.0 Å². The number of piperazine rings is 1. The van der Waals surface area contributed by atoms with Crippen molar-refractivity contribution in [3.8, 4) is 0 Å². The van der Waals surface area contributed by atoms with Gasteiger partial charge in [-0.15, -0.1) is 0 Å². The van der Waals surface area contributed by atoms with Crippen LogP contribution in [0.5, 0.6) is 0 Å². The first kappa shape index (κ1) is 28.5. The molecule has 1 saturated carbocycles. The van der Waals surface area contributed by atoms with Crippen molar-refractivity contribution in [2.24, 2.45) is 0 Å². The van der Waals surface area contributed by atoms with Gasteiger partial charge in [0, 0.05) is 61.3 Å². The van der Waals surface area contributed by atoms with Crippen molar-refractivity contribution in [1.29, 1.82) is 0 Å². The SMILES string of the molecule is Cc1ccc(NC(=O)c2cc(N3CCN(C)CC3)cc(C(F)(F)F)c2)cc1N(c1cc(NC2CC2)ncn1)c1ccn[nH]1. The number of aromatic amines is 1. The Kier molecular flexibility index (Phi) is 7.65. The first-order valence-electron chi connectivity index (χ1n) is 14.1. The maximum Gasteiger partial charge on any atom is 0.416 e. The number of H-pyrrole nitrogens is 1. The van der Waals surface area contributed by atoms with Gasteiger partial charge in [0.1, 0.15) is 23.8 Å². The van der Waals surface area contributed by atoms with Crippen LogP contribution in [0, 0.1) is 6.92 Å². The maximum atomic E-state index is 13.9. The topological polar surface area (TPSA) is 105 Å². The smallest absolute Gasteiger partial charge is 0.369 e. The van der Waals surface area contributed by atoms with Crippen molar-refractivity contribution >= 4 is 40.4 Å². The molecule has 1 saturated heterocycles. The minimum atomic E-state index is -4.59. The molecule has 224 valence electrons. The molecule has 0 atom stereocenters. The molecule has 0 unspecified atom stereocenters. The zero-order valence-corrected chi connectivity index (χ0v) is 23.8. The fourth-order valence-corrected chi connectivity index (χ4v) is 5.02. The van der Waals surface area contributed by atoms with Crippen LogP contribution in [0.2, 0.25) is 0 Å². The average Bonchev–Trinajstić information content (AvgIpc) is 3.64. The Morgan fingerprint density at radius 2 is 1.81 bits per heavy atom. The predicted molar refractivity (Wildman–Crippen MR) is 159 cm³/mol. The summed E-state index contributed by atoms with van der Waals surface area (Å²) >= 11 is 0. The molecular formula is C30H32F3N9O. The molecule has 43 heavy (non-hydrogen) atoms. The van der Waals surface area contributed by atoms with Crippen molar-refractivity contribution in [2.75, 3.05) is 53.7 Å². The number of likely N-dealkylation sites (N-methyl/N-ethyl adjacent to an activating group) is 1. The van der Waals surface area contributed by atoms with Gasteiger partial charge in [0.15, 0.2) is 0 Å². The quantitative estimate of drug-likeness (QED) is 0.244. The van der Waals surface area contributed by atoms with E-state index in [4.69, 9.17) is 0 Å². The summed E-state index contributed by atoms with van der Waals surface area (Å²) in [5.74, 6) is 1.27. The number of aromatic nitrogens is 4. The minimum absolute atomic E-state index is 0.0668. The number of carbonyl (C=O) groups is 1. The number of amides is 1. The van der Waals surface area contributed by atoms with Crippen molar-refractivity contribution in [3.05, 3.63) is 77.7 Å². The Hall–Kier alpha value is -4.65. The van der Waals surface area contributed by atoms with Gasteiger partial charge >= 0.3 is 6.18 Å². The Bertz CT molecular complexity index is 1600. The molecule has 4 aromatic rings. The van der Waals surface area contributed by atoms with Crippen LogP contribution in [0.3, 0.4) is 0 Å². The first-order chi connectivity index (χ1) is 20.6. The number of benzene rings is 2. The highest BCUT2D eigenvalue weighted by Crippen LogP contribution is 2.37. The Labute approximate surface area is 246 Å². The van der Waals surface area contributed by atoms with Gasteiger partial charge in [-0.05, 0) is 62.7 Å². The Morgan fingerprint density at radius 1 is 1.02 bits per heavy atom. The monoisotopic (exact) mass is 591 g/mol. The number of alkyl halides is 3. The number of aryl methyl sites for hydroxylation is 1. The van der Waals surface area contributed by atoms with E-state index in [1.54, 1.807) is 24.4 Å². The summed E-state index contributed by atoms with van der Waals surface area (Å²) in [4.78, 5) is 28.1. The average molecular weight is 592 g/mol. The maximum absolute atomic E-state index is 13.9. The Morgan fingerprint density at radius 3 is 2.51 bits per heavy atom. The molecule has 2 aromatic carbocycles. The lowest BCUT2D eigenvalue weighted by Crippen LogP contribution is -2.44. The summed E-state index contributed by atoms with van der Waals surface area (Å²) in [6.07, 6.45) is 0.694. The number of carbonyl (C=O) groups excluding carboxylic acids is 1. The van der Waals surface area contributed by atoms with Gasteiger partial charge in [0.2, 0.25) is 0 Å². The van der Waals surface area contributed by atoms with E-state index in [1.165, 1.54) is 12.4 Å². The number of hydrogen-bond donors (Lipinski definition) is 3. The number of halogens is 3. The predicted octanol–water partition coefficient (Wildman–Crippen LogP) is 5.58. The largest absolute Gasteiger partial charge is 0.416 e. The molecule has 3 N–H and O–H groups in total. The lowest BCUT2D eigenvalue weighted by Gasteiger charge is -2.34. The number of nitrogens with one attached hydrogen (secondary N) is 3. The van der Waals surface area contributed by atoms with E-state index in [2.05, 4.69) is 35.7 Å². The molecule has 1 aliphatic carbocycles. The number of rotatable bonds is 8. The van der Waals surface area contributed by atoms with Gasteiger partial charge in [0.05, 0.1) is 17.4 Å². The number of hydrogen-bond acceptors (Lipinski definition) is 8. The minimum Gasteiger partial charge on any atom is -0.369 e. The van der Waals surface area contributed by atoms with Crippen LogP contribution in [-0.2, 0) is 6.18 Å². The summed E-state index contributed by atoms with van der Waals surface area (Å²) in [6, 6.07) is 12.9. The molecule has 13 heteroatoms. The molecule has 1 aliphatic heterocycles. The van der Waals surface area contributed by atoms with Crippen LogP contribution in [0.4, 0.5) is 47.7 Å². The molecular weight excluding hydrogens is 559 g/mol. The van der Waals surface area contributed by atoms with Gasteiger partial charge in [-0.3, -0.25) is 14.8 Å². The molecule has 6 rings (SSSR count). The third-order valence-corrected chi connectivity index (χ3v) is 7.62. The summed E-state index contributed by atoms with van der Waals surface area (Å²) < 4.78 is 41.6. The molecule has 2 fully saturated rings. The van der Waals surface area contributed by atoms with E-state index >= 15 is 0 Å². The molecule has 0 spiro atoms. The molecule has 2 aliphatic rings. The van der Waals surface area contributed by atoms with E-state index in [0.717, 1.165) is 43.6 Å². The highest BCUT2D eigenvalue weighted by molar-refractivity contribution is 6.05. The molecule has 0 radical (unpaired) electrons. The number of anilines is 6. The fourth-order valence-electron chi connectivity index (χ4n) is 5.02. The fraction of sp³-hybridized carbons (Fsp3) is 0.333. The van der Waals surface area contributed by atoms with Crippen molar-refractivity contribution in [2.45, 2.75) is 32.0 Å². The summed E-state index contributed by atoms with van der Waals surface area (Å²) in [5.41, 5.74) is 1.44. The normalized spacial score (nSPS) is 15.8. The highest BCUT2D eigenvalue weighted by atomic mass is 19.4. The van der Waals surface area contributed by atoms with Gasteiger partial charge in [-0.25, -0.2) is 9.97 Å². The zero-order chi connectivity index (χ0) is 30.1. The van der Waals surface area contributed by atoms with Crippen molar-refractivity contribution < 1.29 is 18.0 Å². The van der Waals surface area contributed by atoms with Crippen LogP contribution < -0.4 is 20.4 Å². The highest BCUT2D eigenvalue weighted by Gasteiger charge is 2.33. The third-order valence-electron chi connectivity index (χ3n) is 7.62. The molecule has 0 bridgehead atoms. The van der Waals surface area contributed by atoms with Gasteiger partial charge < -0.3 is 20.4 Å². The van der Waals surface area contributed by atoms with Crippen LogP contribution in [0.15, 0.2) is 61.1 Å². The van der Waals surface area contributed by atoms with E-state index < -0.39 is 17.6 Å². The van der Waals surface area contributed by atoms with Crippen LogP contribution in [0.25, 0.3) is 0 Å². The van der Waals surface area contributed by atoms with Crippen LogP contribution >= 0.6 is 0 Å². The lowest BCUT2D eigenvalue weighted by atomic mass is 10.1. The van der Waals surface area contributed by atoms with Gasteiger partial charge in [-0.1, -0.05) is 6.07 Å². The molecule has 3 heterocycles. The van der Waals surface area contributed by atoms with Gasteiger partial charge in [0.25, 0.3) is 5.91 Å². The lowest BCUT2D eigenvalue weighted by molar-refractivity contribution is -0.137. The van der Waals surface area contributed by atoms with Crippen LogP contribution in [-0.4, -0.2) is 70.2 Å². The summed E-state index contributed by atoms with van der Waals surface area (Å²) in [7, 11) is 1.97. The van der Waals surface area contributed by atoms with Gasteiger partial charge in [-0.2, -0.15) is 18.3 Å². The number of nitrogens with zero attached hydrogens (tertiary/aromatic N) is 6. The van der Waals surface area contributed by atoms with E-state index in [-0.39, 0.29) is 5.56 Å². The van der Waals surface area contributed by atoms with Crippen molar-refractivity contribution in [1.82, 2.24) is 25.1 Å². The second kappa shape index (κ2) is 11.6. The first-order valence-corrected chi connectivity index (χ1v) is 14.1. The molecule has 2 aromatic heterocycles. The van der Waals surface area contributed by atoms with E-state index in [0.29, 0.717) is 53.6 Å².